The number of aryl methyl sites for hydroxylation is 1. The lowest BCUT2D eigenvalue weighted by Crippen LogP contribution is -2.37. The zero-order valence-electron chi connectivity index (χ0n) is 16.6. The van der Waals surface area contributed by atoms with E-state index in [-0.39, 0.29) is 29.0 Å². The molecular weight excluding hydrogens is 355 g/mol. The summed E-state index contributed by atoms with van der Waals surface area (Å²) in [4.78, 5) is 16.9. The average molecular weight is 380 g/mol. The SMILES string of the molecule is Cc1nc(C(=O)NC(C)CC(C)(C)c2ccccc2)nn1-c1ccc(F)cc1. The monoisotopic (exact) mass is 380 g/mol. The summed E-state index contributed by atoms with van der Waals surface area (Å²) in [5, 5.41) is 7.27. The van der Waals surface area contributed by atoms with Crippen LogP contribution in [0.1, 0.15) is 49.2 Å². The number of benzene rings is 2. The predicted octanol–water partition coefficient (Wildman–Crippen LogP) is 4.20. The van der Waals surface area contributed by atoms with Gasteiger partial charge < -0.3 is 5.32 Å². The van der Waals surface area contributed by atoms with Crippen molar-refractivity contribution in [2.75, 3.05) is 0 Å². The van der Waals surface area contributed by atoms with E-state index in [1.807, 2.05) is 25.1 Å². The van der Waals surface area contributed by atoms with Crippen LogP contribution in [0.2, 0.25) is 0 Å². The Bertz CT molecular complexity index is 948. The third-order valence-electron chi connectivity index (χ3n) is 4.79. The van der Waals surface area contributed by atoms with Crippen LogP contribution in [0.25, 0.3) is 5.69 Å². The van der Waals surface area contributed by atoms with Gasteiger partial charge in [-0.1, -0.05) is 44.2 Å². The van der Waals surface area contributed by atoms with Gasteiger partial charge in [0.05, 0.1) is 5.69 Å². The third-order valence-corrected chi connectivity index (χ3v) is 4.79. The van der Waals surface area contributed by atoms with Crippen LogP contribution in [0, 0.1) is 12.7 Å². The number of amides is 1. The number of carbonyl (C=O) groups excluding carboxylic acids is 1. The lowest BCUT2D eigenvalue weighted by atomic mass is 9.79. The number of nitrogens with one attached hydrogen (secondary N) is 1. The summed E-state index contributed by atoms with van der Waals surface area (Å²) in [5.74, 6) is 0.0230. The minimum absolute atomic E-state index is 0.0548. The Balaban J connectivity index is 1.69. The van der Waals surface area contributed by atoms with E-state index >= 15 is 0 Å². The van der Waals surface area contributed by atoms with E-state index in [0.29, 0.717) is 11.5 Å². The van der Waals surface area contributed by atoms with Gasteiger partial charge in [-0.2, -0.15) is 0 Å². The number of nitrogens with zero attached hydrogens (tertiary/aromatic N) is 3. The topological polar surface area (TPSA) is 59.8 Å². The first-order chi connectivity index (χ1) is 13.3. The first-order valence-electron chi connectivity index (χ1n) is 9.32. The molecule has 2 aromatic carbocycles. The lowest BCUT2D eigenvalue weighted by Gasteiger charge is -2.29. The molecule has 3 aromatic rings. The van der Waals surface area contributed by atoms with Crippen molar-refractivity contribution in [2.24, 2.45) is 0 Å². The number of hydrogen-bond donors (Lipinski definition) is 1. The number of carbonyl (C=O) groups is 1. The van der Waals surface area contributed by atoms with E-state index < -0.39 is 0 Å². The van der Waals surface area contributed by atoms with Gasteiger partial charge in [0.1, 0.15) is 11.6 Å². The van der Waals surface area contributed by atoms with E-state index in [4.69, 9.17) is 0 Å². The molecule has 0 spiro atoms. The van der Waals surface area contributed by atoms with Gasteiger partial charge in [-0.3, -0.25) is 4.79 Å². The van der Waals surface area contributed by atoms with Gasteiger partial charge in [0.25, 0.3) is 5.91 Å². The Morgan fingerprint density at radius 2 is 1.79 bits per heavy atom. The van der Waals surface area contributed by atoms with Crippen molar-refractivity contribution in [3.8, 4) is 5.69 Å². The second-order valence-corrected chi connectivity index (χ2v) is 7.70. The highest BCUT2D eigenvalue weighted by Crippen LogP contribution is 2.28. The van der Waals surface area contributed by atoms with Crippen molar-refractivity contribution in [3.05, 3.63) is 77.6 Å². The summed E-state index contributed by atoms with van der Waals surface area (Å²) >= 11 is 0. The molecule has 0 fully saturated rings. The molecule has 0 saturated heterocycles. The van der Waals surface area contributed by atoms with Crippen molar-refractivity contribution in [3.63, 3.8) is 0 Å². The molecule has 1 unspecified atom stereocenters. The molecule has 0 aliphatic carbocycles. The number of hydrogen-bond acceptors (Lipinski definition) is 3. The molecule has 3 rings (SSSR count). The number of aromatic nitrogens is 3. The van der Waals surface area contributed by atoms with E-state index in [9.17, 15) is 9.18 Å². The summed E-state index contributed by atoms with van der Waals surface area (Å²) in [6.45, 7) is 8.06. The van der Waals surface area contributed by atoms with Crippen molar-refractivity contribution in [2.45, 2.75) is 45.6 Å². The molecule has 0 bridgehead atoms. The molecule has 6 heteroatoms. The highest BCUT2D eigenvalue weighted by Gasteiger charge is 2.25. The number of rotatable bonds is 6. The lowest BCUT2D eigenvalue weighted by molar-refractivity contribution is 0.0924. The molecule has 1 heterocycles. The molecule has 28 heavy (non-hydrogen) atoms. The van der Waals surface area contributed by atoms with Crippen LogP contribution in [-0.2, 0) is 5.41 Å². The highest BCUT2D eigenvalue weighted by atomic mass is 19.1. The average Bonchev–Trinajstić information content (AvgIpc) is 3.04. The largest absolute Gasteiger partial charge is 0.347 e. The normalized spacial score (nSPS) is 12.6. The van der Waals surface area contributed by atoms with Crippen molar-refractivity contribution >= 4 is 5.91 Å². The van der Waals surface area contributed by atoms with Crippen LogP contribution >= 0.6 is 0 Å². The summed E-state index contributed by atoms with van der Waals surface area (Å²) < 4.78 is 14.7. The predicted molar refractivity (Wildman–Crippen MR) is 107 cm³/mol. The fourth-order valence-corrected chi connectivity index (χ4v) is 3.43. The fourth-order valence-electron chi connectivity index (χ4n) is 3.43. The van der Waals surface area contributed by atoms with Crippen LogP contribution in [0.4, 0.5) is 4.39 Å². The smallest absolute Gasteiger partial charge is 0.291 e. The van der Waals surface area contributed by atoms with Crippen LogP contribution in [-0.4, -0.2) is 26.7 Å². The summed E-state index contributed by atoms with van der Waals surface area (Å²) in [5.41, 5.74) is 1.81. The van der Waals surface area contributed by atoms with Gasteiger partial charge in [0.15, 0.2) is 0 Å². The maximum Gasteiger partial charge on any atom is 0.291 e. The second-order valence-electron chi connectivity index (χ2n) is 7.70. The van der Waals surface area contributed by atoms with Crippen LogP contribution in [0.15, 0.2) is 54.6 Å². The molecular formula is C22H25FN4O. The minimum Gasteiger partial charge on any atom is -0.347 e. The quantitative estimate of drug-likeness (QED) is 0.697. The molecule has 1 atom stereocenters. The molecule has 5 nitrogen and oxygen atoms in total. The van der Waals surface area contributed by atoms with Crippen LogP contribution in [0.5, 0.6) is 0 Å². The van der Waals surface area contributed by atoms with Gasteiger partial charge >= 0.3 is 0 Å². The minimum atomic E-state index is -0.325. The highest BCUT2D eigenvalue weighted by molar-refractivity contribution is 5.90. The Labute approximate surface area is 164 Å². The molecule has 0 aliphatic heterocycles. The third kappa shape index (κ3) is 4.44. The zero-order valence-corrected chi connectivity index (χ0v) is 16.6. The van der Waals surface area contributed by atoms with Gasteiger partial charge in [-0.25, -0.2) is 14.1 Å². The summed E-state index contributed by atoms with van der Waals surface area (Å²) in [7, 11) is 0. The van der Waals surface area contributed by atoms with Gasteiger partial charge in [0, 0.05) is 6.04 Å². The Kier molecular flexibility index (Phi) is 5.58. The summed E-state index contributed by atoms with van der Waals surface area (Å²) in [6.07, 6.45) is 0.778. The molecule has 0 saturated carbocycles. The Hall–Kier alpha value is -3.02. The second kappa shape index (κ2) is 7.92. The van der Waals surface area contributed by atoms with Crippen molar-refractivity contribution < 1.29 is 9.18 Å². The Morgan fingerprint density at radius 1 is 1.14 bits per heavy atom. The fraction of sp³-hybridized carbons (Fsp3) is 0.318. The maximum atomic E-state index is 13.1. The molecule has 1 aromatic heterocycles. The van der Waals surface area contributed by atoms with Gasteiger partial charge in [-0.15, -0.1) is 5.10 Å². The molecule has 1 amide bonds. The van der Waals surface area contributed by atoms with E-state index in [1.165, 1.54) is 22.4 Å². The number of halogens is 1. The molecule has 1 N–H and O–H groups in total. The first-order valence-corrected chi connectivity index (χ1v) is 9.32. The standard InChI is InChI=1S/C22H25FN4O/c1-15(14-22(3,4)17-8-6-5-7-9-17)24-21(28)20-25-16(2)27(26-20)19-12-10-18(23)11-13-19/h5-13,15H,14H2,1-4H3,(H,24,28). The maximum absolute atomic E-state index is 13.1. The molecule has 0 radical (unpaired) electrons. The van der Waals surface area contributed by atoms with Crippen molar-refractivity contribution in [1.29, 1.82) is 0 Å². The van der Waals surface area contributed by atoms with Crippen molar-refractivity contribution in [1.82, 2.24) is 20.1 Å². The summed E-state index contributed by atoms with van der Waals surface area (Å²) in [6, 6.07) is 16.1. The molecule has 0 aliphatic rings. The van der Waals surface area contributed by atoms with E-state index in [1.54, 1.807) is 19.1 Å². The van der Waals surface area contributed by atoms with Crippen LogP contribution < -0.4 is 5.32 Å². The van der Waals surface area contributed by atoms with Gasteiger partial charge in [-0.05, 0) is 55.5 Å². The van der Waals surface area contributed by atoms with Gasteiger partial charge in [0.2, 0.25) is 5.82 Å². The zero-order chi connectivity index (χ0) is 20.3. The molecule has 146 valence electrons. The van der Waals surface area contributed by atoms with E-state index in [0.717, 1.165) is 6.42 Å². The Morgan fingerprint density at radius 3 is 2.43 bits per heavy atom. The first kappa shape index (κ1) is 19.7. The van der Waals surface area contributed by atoms with Crippen LogP contribution in [0.3, 0.4) is 0 Å². The van der Waals surface area contributed by atoms with E-state index in [2.05, 4.69) is 41.4 Å².